The summed E-state index contributed by atoms with van der Waals surface area (Å²) in [6, 6.07) is 10.0. The maximum atomic E-state index is 10.9. The van der Waals surface area contributed by atoms with Crippen molar-refractivity contribution < 1.29 is 4.79 Å². The summed E-state index contributed by atoms with van der Waals surface area (Å²) in [5.41, 5.74) is 1.17. The summed E-state index contributed by atoms with van der Waals surface area (Å²) in [5.74, 6) is 0.202. The zero-order valence-corrected chi connectivity index (χ0v) is 8.52. The number of aldehydes is 1. The highest BCUT2D eigenvalue weighted by Gasteiger charge is 2.17. The molecule has 74 valence electrons. The van der Waals surface area contributed by atoms with Crippen molar-refractivity contribution in [3.8, 4) is 0 Å². The average Bonchev–Trinajstić information content (AvgIpc) is 2.27. The summed E-state index contributed by atoms with van der Waals surface area (Å²) in [6.07, 6.45) is 3.74. The van der Waals surface area contributed by atoms with E-state index < -0.39 is 0 Å². The first-order valence-electron chi connectivity index (χ1n) is 4.96. The molecule has 1 aromatic rings. The molecule has 2 unspecified atom stereocenters. The molecule has 0 saturated heterocycles. The van der Waals surface area contributed by atoms with Gasteiger partial charge in [-0.3, -0.25) is 0 Å². The maximum absolute atomic E-state index is 10.9. The van der Waals surface area contributed by atoms with Gasteiger partial charge in [-0.1, -0.05) is 43.3 Å². The zero-order chi connectivity index (χ0) is 10.4. The molecule has 0 heterocycles. The smallest absolute Gasteiger partial charge is 0.123 e. The molecule has 0 aliphatic rings. The Hall–Kier alpha value is -1.37. The average molecular weight is 188 g/mol. The van der Waals surface area contributed by atoms with Gasteiger partial charge in [-0.05, 0) is 12.0 Å². The summed E-state index contributed by atoms with van der Waals surface area (Å²) in [6.45, 7) is 5.82. The lowest BCUT2D eigenvalue weighted by molar-refractivity contribution is -0.111. The van der Waals surface area contributed by atoms with Crippen LogP contribution in [0, 0.1) is 5.92 Å². The number of benzene rings is 1. The van der Waals surface area contributed by atoms with E-state index in [1.165, 1.54) is 5.56 Å². The fourth-order valence-corrected chi connectivity index (χ4v) is 1.67. The second kappa shape index (κ2) is 5.38. The van der Waals surface area contributed by atoms with Gasteiger partial charge in [-0.25, -0.2) is 0 Å². The highest BCUT2D eigenvalue weighted by atomic mass is 16.1. The van der Waals surface area contributed by atoms with Crippen molar-refractivity contribution >= 4 is 6.29 Å². The molecule has 0 saturated carbocycles. The van der Waals surface area contributed by atoms with E-state index in [0.29, 0.717) is 0 Å². The molecule has 1 nitrogen and oxygen atoms in total. The van der Waals surface area contributed by atoms with Gasteiger partial charge in [-0.2, -0.15) is 0 Å². The predicted octanol–water partition coefficient (Wildman–Crippen LogP) is 3.18. The quantitative estimate of drug-likeness (QED) is 0.512. The van der Waals surface area contributed by atoms with Gasteiger partial charge >= 0.3 is 0 Å². The number of hydrogen-bond acceptors (Lipinski definition) is 1. The predicted molar refractivity (Wildman–Crippen MR) is 59.2 cm³/mol. The van der Waals surface area contributed by atoms with Crippen molar-refractivity contribution in [3.63, 3.8) is 0 Å². The molecule has 0 aliphatic carbocycles. The van der Waals surface area contributed by atoms with Crippen molar-refractivity contribution in [1.29, 1.82) is 0 Å². The van der Waals surface area contributed by atoms with Crippen LogP contribution in [0.2, 0.25) is 0 Å². The Morgan fingerprint density at radius 1 is 1.36 bits per heavy atom. The Morgan fingerprint density at radius 3 is 2.43 bits per heavy atom. The lowest BCUT2D eigenvalue weighted by Crippen LogP contribution is -2.11. The third-order valence-electron chi connectivity index (χ3n) is 2.55. The van der Waals surface area contributed by atoms with Gasteiger partial charge in [0.15, 0.2) is 0 Å². The molecule has 0 bridgehead atoms. The van der Waals surface area contributed by atoms with Gasteiger partial charge < -0.3 is 4.79 Å². The number of hydrogen-bond donors (Lipinski definition) is 0. The first-order chi connectivity index (χ1) is 6.83. The Balaban J connectivity index is 2.91. The summed E-state index contributed by atoms with van der Waals surface area (Å²) in [5, 5.41) is 0. The van der Waals surface area contributed by atoms with Crippen LogP contribution in [0.4, 0.5) is 0 Å². The molecule has 0 aliphatic heterocycles. The fraction of sp³-hybridized carbons (Fsp3) is 0.308. The molecule has 1 heteroatoms. The van der Waals surface area contributed by atoms with Crippen LogP contribution in [0.1, 0.15) is 24.8 Å². The monoisotopic (exact) mass is 188 g/mol. The first-order valence-corrected chi connectivity index (χ1v) is 4.96. The van der Waals surface area contributed by atoms with Crippen LogP contribution in [-0.4, -0.2) is 6.29 Å². The van der Waals surface area contributed by atoms with Crippen molar-refractivity contribution in [2.75, 3.05) is 0 Å². The molecule has 2 atom stereocenters. The highest BCUT2D eigenvalue weighted by Crippen LogP contribution is 2.26. The summed E-state index contributed by atoms with van der Waals surface area (Å²) < 4.78 is 0. The molecule has 0 fully saturated rings. The van der Waals surface area contributed by atoms with Crippen molar-refractivity contribution in [1.82, 2.24) is 0 Å². The molecule has 14 heavy (non-hydrogen) atoms. The van der Waals surface area contributed by atoms with Gasteiger partial charge in [-0.15, -0.1) is 6.58 Å². The Labute approximate surface area is 85.5 Å². The molecular formula is C13H16O. The van der Waals surface area contributed by atoms with Crippen LogP contribution >= 0.6 is 0 Å². The molecule has 1 aromatic carbocycles. The second-order valence-corrected chi connectivity index (χ2v) is 3.38. The van der Waals surface area contributed by atoms with E-state index in [9.17, 15) is 4.79 Å². The van der Waals surface area contributed by atoms with Crippen molar-refractivity contribution in [3.05, 3.63) is 48.6 Å². The van der Waals surface area contributed by atoms with E-state index in [-0.39, 0.29) is 11.8 Å². The van der Waals surface area contributed by atoms with Crippen LogP contribution in [0.3, 0.4) is 0 Å². The standard InChI is InChI=1S/C13H16O/c1-3-11(10-14)13(4-2)12-8-6-5-7-9-12/h4-11,13H,2-3H2,1H3. The molecular weight excluding hydrogens is 172 g/mol. The Bertz CT molecular complexity index is 289. The normalized spacial score (nSPS) is 14.4. The van der Waals surface area contributed by atoms with Crippen LogP contribution in [0.25, 0.3) is 0 Å². The SMILES string of the molecule is C=CC(c1ccccc1)C(C=O)CC. The molecule has 0 spiro atoms. The molecule has 0 aromatic heterocycles. The topological polar surface area (TPSA) is 17.1 Å². The van der Waals surface area contributed by atoms with Crippen LogP contribution < -0.4 is 0 Å². The summed E-state index contributed by atoms with van der Waals surface area (Å²) in [4.78, 5) is 10.9. The van der Waals surface area contributed by atoms with Gasteiger partial charge in [0, 0.05) is 11.8 Å². The third kappa shape index (κ3) is 2.32. The van der Waals surface area contributed by atoms with E-state index in [1.54, 1.807) is 0 Å². The highest BCUT2D eigenvalue weighted by molar-refractivity contribution is 5.56. The van der Waals surface area contributed by atoms with Gasteiger partial charge in [0.1, 0.15) is 6.29 Å². The first kappa shape index (κ1) is 10.7. The van der Waals surface area contributed by atoms with Crippen molar-refractivity contribution in [2.24, 2.45) is 5.92 Å². The van der Waals surface area contributed by atoms with E-state index >= 15 is 0 Å². The maximum Gasteiger partial charge on any atom is 0.123 e. The largest absolute Gasteiger partial charge is 0.303 e. The van der Waals surface area contributed by atoms with E-state index in [0.717, 1.165) is 12.7 Å². The molecule has 0 N–H and O–H groups in total. The summed E-state index contributed by atoms with van der Waals surface area (Å²) >= 11 is 0. The fourth-order valence-electron chi connectivity index (χ4n) is 1.67. The van der Waals surface area contributed by atoms with Crippen LogP contribution in [-0.2, 0) is 4.79 Å². The van der Waals surface area contributed by atoms with Gasteiger partial charge in [0.25, 0.3) is 0 Å². The summed E-state index contributed by atoms with van der Waals surface area (Å²) in [7, 11) is 0. The number of carbonyl (C=O) groups is 1. The van der Waals surface area contributed by atoms with Crippen molar-refractivity contribution in [2.45, 2.75) is 19.3 Å². The minimum Gasteiger partial charge on any atom is -0.303 e. The number of rotatable bonds is 5. The minimum atomic E-state index is 0.0508. The van der Waals surface area contributed by atoms with Gasteiger partial charge in [0.05, 0.1) is 0 Å². The lowest BCUT2D eigenvalue weighted by Gasteiger charge is -2.18. The molecule has 0 amide bonds. The van der Waals surface area contributed by atoms with Gasteiger partial charge in [0.2, 0.25) is 0 Å². The van der Waals surface area contributed by atoms with E-state index in [4.69, 9.17) is 0 Å². The number of allylic oxidation sites excluding steroid dienone is 1. The number of carbonyl (C=O) groups excluding carboxylic acids is 1. The van der Waals surface area contributed by atoms with Crippen LogP contribution in [0.15, 0.2) is 43.0 Å². The Morgan fingerprint density at radius 2 is 2.00 bits per heavy atom. The molecule has 0 radical (unpaired) electrons. The van der Waals surface area contributed by atoms with E-state index in [2.05, 4.69) is 6.58 Å². The molecule has 1 rings (SSSR count). The third-order valence-corrected chi connectivity index (χ3v) is 2.55. The van der Waals surface area contributed by atoms with E-state index in [1.807, 2.05) is 43.3 Å². The second-order valence-electron chi connectivity index (χ2n) is 3.38. The lowest BCUT2D eigenvalue weighted by atomic mass is 9.85. The minimum absolute atomic E-state index is 0.0508. The van der Waals surface area contributed by atoms with Crippen LogP contribution in [0.5, 0.6) is 0 Å². The zero-order valence-electron chi connectivity index (χ0n) is 8.52. The Kier molecular flexibility index (Phi) is 4.11.